The Bertz CT molecular complexity index is 995. The zero-order chi connectivity index (χ0) is 22.3. The number of rotatable bonds is 6. The highest BCUT2D eigenvalue weighted by Gasteiger charge is 2.43. The van der Waals surface area contributed by atoms with Gasteiger partial charge in [-0.25, -0.2) is 13.2 Å². The number of benzene rings is 2. The fraction of sp³-hybridized carbons (Fsp3) is 0.440. The van der Waals surface area contributed by atoms with Crippen molar-refractivity contribution in [2.75, 3.05) is 19.8 Å². The molecule has 4 rings (SSSR count). The van der Waals surface area contributed by atoms with Gasteiger partial charge in [-0.3, -0.25) is 4.90 Å². The zero-order valence-corrected chi connectivity index (χ0v) is 18.1. The first-order chi connectivity index (χ1) is 14.8. The molecule has 1 aliphatic heterocycles. The van der Waals surface area contributed by atoms with Crippen LogP contribution < -0.4 is 4.74 Å². The van der Waals surface area contributed by atoms with Gasteiger partial charge in [-0.1, -0.05) is 24.3 Å². The Morgan fingerprint density at radius 1 is 1.19 bits per heavy atom. The number of fused-ring (bicyclic) bond motifs is 2. The molecular weight excluding hydrogens is 403 g/mol. The first kappa shape index (κ1) is 21.9. The average Bonchev–Trinajstić information content (AvgIpc) is 3.08. The highest BCUT2D eigenvalue weighted by Crippen LogP contribution is 2.50. The topological polar surface area (TPSA) is 32.7 Å². The zero-order valence-electron chi connectivity index (χ0n) is 18.1. The van der Waals surface area contributed by atoms with E-state index in [1.54, 1.807) is 11.8 Å². The van der Waals surface area contributed by atoms with Gasteiger partial charge in [0.15, 0.2) is 0 Å². The van der Waals surface area contributed by atoms with Gasteiger partial charge in [0.05, 0.1) is 19.3 Å². The summed E-state index contributed by atoms with van der Waals surface area (Å²) in [5.74, 6) is -1.29. The smallest absolute Gasteiger partial charge is 0.143 e. The molecule has 31 heavy (non-hydrogen) atoms. The van der Waals surface area contributed by atoms with E-state index < -0.39 is 30.0 Å². The lowest BCUT2D eigenvalue weighted by Crippen LogP contribution is -2.49. The Kier molecular flexibility index (Phi) is 5.88. The highest BCUT2D eigenvalue weighted by molar-refractivity contribution is 5.79. The lowest BCUT2D eigenvalue weighted by Gasteiger charge is -2.44. The van der Waals surface area contributed by atoms with Gasteiger partial charge in [-0.05, 0) is 55.9 Å². The Balaban J connectivity index is 1.87. The molecule has 6 heteroatoms. The van der Waals surface area contributed by atoms with Crippen molar-refractivity contribution in [3.8, 4) is 5.75 Å². The van der Waals surface area contributed by atoms with Crippen LogP contribution in [-0.2, 0) is 6.42 Å². The fourth-order valence-electron chi connectivity index (χ4n) is 4.91. The third-order valence-corrected chi connectivity index (χ3v) is 6.32. The molecule has 2 aliphatic rings. The molecular formula is C25H28F3NO2. The number of hydrogen-bond donors (Lipinski definition) is 1. The SMILES string of the molecule is CCOc1cc(F)c(C2C3=C(CC(C)N2CC(C)(F)CO)c2ccccc2C3)c(F)c1. The molecule has 3 nitrogen and oxygen atoms in total. The minimum absolute atomic E-state index is 0.0935. The number of alkyl halides is 1. The van der Waals surface area contributed by atoms with Crippen LogP contribution in [-0.4, -0.2) is 41.5 Å². The van der Waals surface area contributed by atoms with Crippen LogP contribution in [0, 0.1) is 11.6 Å². The molecule has 0 amide bonds. The number of aliphatic hydroxyl groups is 1. The van der Waals surface area contributed by atoms with Crippen molar-refractivity contribution in [1.29, 1.82) is 0 Å². The van der Waals surface area contributed by atoms with Gasteiger partial charge in [0.1, 0.15) is 23.1 Å². The lowest BCUT2D eigenvalue weighted by atomic mass is 9.84. The minimum atomic E-state index is -1.89. The molecule has 3 atom stereocenters. The van der Waals surface area contributed by atoms with E-state index in [1.807, 2.05) is 31.2 Å². The van der Waals surface area contributed by atoms with Crippen molar-refractivity contribution in [3.05, 3.63) is 70.3 Å². The fourth-order valence-corrected chi connectivity index (χ4v) is 4.91. The van der Waals surface area contributed by atoms with Gasteiger partial charge in [-0.2, -0.15) is 0 Å². The average molecular weight is 431 g/mol. The Labute approximate surface area is 181 Å². The second kappa shape index (κ2) is 8.32. The van der Waals surface area contributed by atoms with E-state index in [-0.39, 0.29) is 23.9 Å². The molecule has 166 valence electrons. The minimum Gasteiger partial charge on any atom is -0.494 e. The third-order valence-electron chi connectivity index (χ3n) is 6.32. The summed E-state index contributed by atoms with van der Waals surface area (Å²) >= 11 is 0. The first-order valence-electron chi connectivity index (χ1n) is 10.7. The van der Waals surface area contributed by atoms with Crippen LogP contribution in [0.2, 0.25) is 0 Å². The van der Waals surface area contributed by atoms with Gasteiger partial charge in [0, 0.05) is 30.3 Å². The number of ether oxygens (including phenoxy) is 1. The molecule has 0 bridgehead atoms. The van der Waals surface area contributed by atoms with Crippen LogP contribution in [0.4, 0.5) is 13.2 Å². The van der Waals surface area contributed by atoms with E-state index in [1.165, 1.54) is 19.1 Å². The van der Waals surface area contributed by atoms with Crippen molar-refractivity contribution in [3.63, 3.8) is 0 Å². The third kappa shape index (κ3) is 3.99. The molecule has 2 aromatic rings. The van der Waals surface area contributed by atoms with Crippen molar-refractivity contribution in [1.82, 2.24) is 4.90 Å². The summed E-state index contributed by atoms with van der Waals surface area (Å²) in [7, 11) is 0. The van der Waals surface area contributed by atoms with Gasteiger partial charge >= 0.3 is 0 Å². The molecule has 3 unspecified atom stereocenters. The quantitative estimate of drug-likeness (QED) is 0.680. The van der Waals surface area contributed by atoms with Gasteiger partial charge < -0.3 is 9.84 Å². The first-order valence-corrected chi connectivity index (χ1v) is 10.7. The van der Waals surface area contributed by atoms with E-state index >= 15 is 8.78 Å². The predicted molar refractivity (Wildman–Crippen MR) is 115 cm³/mol. The Morgan fingerprint density at radius 3 is 2.52 bits per heavy atom. The van der Waals surface area contributed by atoms with E-state index in [0.717, 1.165) is 22.3 Å². The lowest BCUT2D eigenvalue weighted by molar-refractivity contribution is 0.0181. The number of hydrogen-bond acceptors (Lipinski definition) is 3. The maximum atomic E-state index is 15.3. The summed E-state index contributed by atoms with van der Waals surface area (Å²) in [6, 6.07) is 9.45. The Morgan fingerprint density at radius 2 is 1.87 bits per heavy atom. The molecule has 0 saturated carbocycles. The molecule has 0 aromatic heterocycles. The molecule has 1 heterocycles. The normalized spacial score (nSPS) is 22.8. The second-order valence-corrected chi connectivity index (χ2v) is 8.77. The van der Waals surface area contributed by atoms with E-state index in [9.17, 15) is 9.50 Å². The number of nitrogens with zero attached hydrogens (tertiary/aromatic N) is 1. The molecule has 1 N–H and O–H groups in total. The molecule has 1 aliphatic carbocycles. The molecule has 0 spiro atoms. The summed E-state index contributed by atoms with van der Waals surface area (Å²) < 4.78 is 50.8. The summed E-state index contributed by atoms with van der Waals surface area (Å²) in [4.78, 5) is 1.79. The predicted octanol–water partition coefficient (Wildman–Crippen LogP) is 5.23. The van der Waals surface area contributed by atoms with Crippen molar-refractivity contribution in [2.24, 2.45) is 0 Å². The molecule has 0 fully saturated rings. The van der Waals surface area contributed by atoms with E-state index in [2.05, 4.69) is 0 Å². The number of aliphatic hydroxyl groups excluding tert-OH is 1. The van der Waals surface area contributed by atoms with E-state index in [0.29, 0.717) is 19.4 Å². The van der Waals surface area contributed by atoms with Crippen LogP contribution >= 0.6 is 0 Å². The molecule has 0 radical (unpaired) electrons. The van der Waals surface area contributed by atoms with Gasteiger partial charge in [-0.15, -0.1) is 0 Å². The van der Waals surface area contributed by atoms with Crippen LogP contribution in [0.5, 0.6) is 5.75 Å². The van der Waals surface area contributed by atoms with Crippen LogP contribution in [0.15, 0.2) is 42.0 Å². The monoisotopic (exact) mass is 431 g/mol. The van der Waals surface area contributed by atoms with Crippen molar-refractivity contribution >= 4 is 5.57 Å². The maximum absolute atomic E-state index is 15.3. The number of halogens is 3. The van der Waals surface area contributed by atoms with Crippen LogP contribution in [0.3, 0.4) is 0 Å². The summed E-state index contributed by atoms with van der Waals surface area (Å²) in [5, 5.41) is 9.52. The summed E-state index contributed by atoms with van der Waals surface area (Å²) in [5.41, 5.74) is 2.21. The summed E-state index contributed by atoms with van der Waals surface area (Å²) in [6.45, 7) is 4.51. The van der Waals surface area contributed by atoms with Crippen LogP contribution in [0.1, 0.15) is 49.9 Å². The standard InChI is InChI=1S/C25H28F3NO2/c1-4-31-17-11-21(26)23(22(27)12-17)24-20-10-16-7-5-6-8-18(16)19(20)9-15(2)29(24)13-25(3,28)14-30/h5-8,11-12,15,24,30H,4,9-10,13-14H2,1-3H3. The maximum Gasteiger partial charge on any atom is 0.143 e. The van der Waals surface area contributed by atoms with Crippen molar-refractivity contribution in [2.45, 2.75) is 51.4 Å². The van der Waals surface area contributed by atoms with Gasteiger partial charge in [0.2, 0.25) is 0 Å². The second-order valence-electron chi connectivity index (χ2n) is 8.77. The molecule has 0 saturated heterocycles. The van der Waals surface area contributed by atoms with Crippen molar-refractivity contribution < 1.29 is 23.0 Å². The molecule has 2 aromatic carbocycles. The van der Waals surface area contributed by atoms with E-state index in [4.69, 9.17) is 4.74 Å². The van der Waals surface area contributed by atoms with Gasteiger partial charge in [0.25, 0.3) is 0 Å². The van der Waals surface area contributed by atoms with Crippen LogP contribution in [0.25, 0.3) is 5.57 Å². The highest BCUT2D eigenvalue weighted by atomic mass is 19.1. The largest absolute Gasteiger partial charge is 0.494 e. The Hall–Kier alpha value is -2.31. The summed E-state index contributed by atoms with van der Waals surface area (Å²) in [6.07, 6.45) is 1.22.